The van der Waals surface area contributed by atoms with Gasteiger partial charge in [-0.3, -0.25) is 0 Å². The van der Waals surface area contributed by atoms with E-state index >= 15 is 0 Å². The van der Waals surface area contributed by atoms with Gasteiger partial charge in [-0.05, 0) is 53.6 Å². The Bertz CT molecular complexity index is 947. The van der Waals surface area contributed by atoms with E-state index in [1.165, 1.54) is 12.1 Å². The fourth-order valence-corrected chi connectivity index (χ4v) is 3.57. The number of methoxy groups -OCH3 is 1. The highest BCUT2D eigenvalue weighted by Gasteiger charge is 2.11. The van der Waals surface area contributed by atoms with Crippen LogP contribution in [-0.4, -0.2) is 7.11 Å². The number of nitrogens with one attached hydrogen (secondary N) is 1. The standard InChI is InChI=1S/C21H17BrCl2FNO2/c1-27-20-6-14(11-26-18-8-15(23)7-16(24)9-18)19(22)10-21(20)28-12-13-2-4-17(25)5-3-13/h2-10,26H,11-12H2,1H3. The molecule has 0 atom stereocenters. The Hall–Kier alpha value is -1.95. The third-order valence-corrected chi connectivity index (χ3v) is 5.16. The minimum Gasteiger partial charge on any atom is -0.493 e. The normalized spacial score (nSPS) is 10.6. The van der Waals surface area contributed by atoms with Gasteiger partial charge in [-0.15, -0.1) is 0 Å². The number of benzene rings is 3. The molecule has 0 bridgehead atoms. The second kappa shape index (κ2) is 9.50. The van der Waals surface area contributed by atoms with Crippen LogP contribution in [0.4, 0.5) is 10.1 Å². The highest BCUT2D eigenvalue weighted by molar-refractivity contribution is 9.10. The zero-order valence-corrected chi connectivity index (χ0v) is 18.0. The van der Waals surface area contributed by atoms with Gasteiger partial charge in [-0.1, -0.05) is 51.3 Å². The van der Waals surface area contributed by atoms with Gasteiger partial charge in [0.1, 0.15) is 12.4 Å². The molecule has 146 valence electrons. The lowest BCUT2D eigenvalue weighted by Gasteiger charge is -2.15. The summed E-state index contributed by atoms with van der Waals surface area (Å²) in [5, 5.41) is 4.42. The van der Waals surface area contributed by atoms with Gasteiger partial charge in [0.05, 0.1) is 7.11 Å². The Labute approximate surface area is 181 Å². The van der Waals surface area contributed by atoms with Gasteiger partial charge >= 0.3 is 0 Å². The van der Waals surface area contributed by atoms with Crippen LogP contribution in [0.1, 0.15) is 11.1 Å². The molecule has 0 aliphatic rings. The quantitative estimate of drug-likeness (QED) is 0.388. The van der Waals surface area contributed by atoms with Crippen LogP contribution in [0, 0.1) is 5.82 Å². The fourth-order valence-electron chi connectivity index (χ4n) is 2.58. The number of halogens is 4. The van der Waals surface area contributed by atoms with Crippen LogP contribution in [-0.2, 0) is 13.2 Å². The van der Waals surface area contributed by atoms with E-state index in [1.807, 2.05) is 12.1 Å². The summed E-state index contributed by atoms with van der Waals surface area (Å²) in [6, 6.07) is 15.2. The molecule has 28 heavy (non-hydrogen) atoms. The molecule has 0 aliphatic heterocycles. The zero-order valence-electron chi connectivity index (χ0n) is 14.9. The van der Waals surface area contributed by atoms with Crippen LogP contribution in [0.25, 0.3) is 0 Å². The monoisotopic (exact) mass is 483 g/mol. The molecule has 3 nitrogen and oxygen atoms in total. The Kier molecular flexibility index (Phi) is 7.05. The second-order valence-electron chi connectivity index (χ2n) is 6.02. The van der Waals surface area contributed by atoms with Crippen molar-refractivity contribution in [1.29, 1.82) is 0 Å². The number of ether oxygens (including phenoxy) is 2. The van der Waals surface area contributed by atoms with Crippen molar-refractivity contribution < 1.29 is 13.9 Å². The molecule has 0 aliphatic carbocycles. The molecule has 0 spiro atoms. The Morgan fingerprint density at radius 3 is 2.29 bits per heavy atom. The maximum absolute atomic E-state index is 13.0. The fraction of sp³-hybridized carbons (Fsp3) is 0.143. The molecule has 0 saturated heterocycles. The van der Waals surface area contributed by atoms with Gasteiger partial charge in [-0.25, -0.2) is 4.39 Å². The molecule has 0 fully saturated rings. The summed E-state index contributed by atoms with van der Waals surface area (Å²) in [5.41, 5.74) is 2.66. The Morgan fingerprint density at radius 2 is 1.64 bits per heavy atom. The largest absolute Gasteiger partial charge is 0.493 e. The van der Waals surface area contributed by atoms with Crippen molar-refractivity contribution in [3.05, 3.63) is 86.1 Å². The first kappa shape index (κ1) is 20.8. The lowest BCUT2D eigenvalue weighted by atomic mass is 10.2. The van der Waals surface area contributed by atoms with E-state index in [4.69, 9.17) is 32.7 Å². The van der Waals surface area contributed by atoms with Gasteiger partial charge in [0.25, 0.3) is 0 Å². The number of rotatable bonds is 7. The van der Waals surface area contributed by atoms with Gasteiger partial charge in [0, 0.05) is 26.8 Å². The van der Waals surface area contributed by atoms with Crippen LogP contribution in [0.2, 0.25) is 10.0 Å². The smallest absolute Gasteiger partial charge is 0.162 e. The molecule has 1 N–H and O–H groups in total. The molecule has 0 heterocycles. The lowest BCUT2D eigenvalue weighted by molar-refractivity contribution is 0.284. The summed E-state index contributed by atoms with van der Waals surface area (Å²) in [5.74, 6) is 0.918. The molecular weight excluding hydrogens is 468 g/mol. The first-order valence-electron chi connectivity index (χ1n) is 8.38. The summed E-state index contributed by atoms with van der Waals surface area (Å²) >= 11 is 15.6. The minimum absolute atomic E-state index is 0.276. The van der Waals surface area contributed by atoms with Crippen molar-refractivity contribution in [3.63, 3.8) is 0 Å². The summed E-state index contributed by atoms with van der Waals surface area (Å²) in [6.07, 6.45) is 0. The van der Waals surface area contributed by atoms with Crippen LogP contribution >= 0.6 is 39.1 Å². The lowest BCUT2D eigenvalue weighted by Crippen LogP contribution is -2.03. The maximum atomic E-state index is 13.0. The first-order valence-corrected chi connectivity index (χ1v) is 9.93. The first-order chi connectivity index (χ1) is 13.4. The maximum Gasteiger partial charge on any atom is 0.162 e. The van der Waals surface area contributed by atoms with E-state index in [0.29, 0.717) is 34.7 Å². The second-order valence-corrected chi connectivity index (χ2v) is 7.75. The molecule has 3 rings (SSSR count). The van der Waals surface area contributed by atoms with Gasteiger partial charge in [-0.2, -0.15) is 0 Å². The van der Waals surface area contributed by atoms with E-state index < -0.39 is 0 Å². The Balaban J connectivity index is 1.72. The molecular formula is C21H17BrCl2FNO2. The highest BCUT2D eigenvalue weighted by Crippen LogP contribution is 2.34. The van der Waals surface area contributed by atoms with Crippen molar-refractivity contribution in [3.8, 4) is 11.5 Å². The molecule has 7 heteroatoms. The third-order valence-electron chi connectivity index (χ3n) is 3.99. The average Bonchev–Trinajstić information content (AvgIpc) is 2.66. The molecule has 0 saturated carbocycles. The average molecular weight is 485 g/mol. The van der Waals surface area contributed by atoms with Crippen molar-refractivity contribution in [1.82, 2.24) is 0 Å². The molecule has 3 aromatic rings. The summed E-state index contributed by atoms with van der Waals surface area (Å²) < 4.78 is 25.2. The van der Waals surface area contributed by atoms with Gasteiger partial charge < -0.3 is 14.8 Å². The van der Waals surface area contributed by atoms with E-state index in [-0.39, 0.29) is 5.82 Å². The topological polar surface area (TPSA) is 30.5 Å². The molecule has 0 amide bonds. The van der Waals surface area contributed by atoms with E-state index in [2.05, 4.69) is 21.2 Å². The van der Waals surface area contributed by atoms with Gasteiger partial charge in [0.2, 0.25) is 0 Å². The summed E-state index contributed by atoms with van der Waals surface area (Å²) in [4.78, 5) is 0. The molecule has 0 radical (unpaired) electrons. The van der Waals surface area contributed by atoms with Gasteiger partial charge in [0.15, 0.2) is 11.5 Å². The van der Waals surface area contributed by atoms with E-state index in [0.717, 1.165) is 21.3 Å². The molecule has 0 aromatic heterocycles. The predicted octanol–water partition coefficient (Wildman–Crippen LogP) is 7.09. The number of hydrogen-bond acceptors (Lipinski definition) is 3. The highest BCUT2D eigenvalue weighted by atomic mass is 79.9. The molecule has 3 aromatic carbocycles. The SMILES string of the molecule is COc1cc(CNc2cc(Cl)cc(Cl)c2)c(Br)cc1OCc1ccc(F)cc1. The Morgan fingerprint density at radius 1 is 0.964 bits per heavy atom. The summed E-state index contributed by atoms with van der Waals surface area (Å²) in [6.45, 7) is 0.841. The molecule has 0 unspecified atom stereocenters. The van der Waals surface area contributed by atoms with E-state index in [9.17, 15) is 4.39 Å². The van der Waals surface area contributed by atoms with E-state index in [1.54, 1.807) is 37.4 Å². The van der Waals surface area contributed by atoms with Crippen molar-refractivity contribution in [2.45, 2.75) is 13.2 Å². The van der Waals surface area contributed by atoms with Crippen LogP contribution < -0.4 is 14.8 Å². The minimum atomic E-state index is -0.276. The van der Waals surface area contributed by atoms with Crippen molar-refractivity contribution in [2.75, 3.05) is 12.4 Å². The third kappa shape index (κ3) is 5.53. The number of anilines is 1. The van der Waals surface area contributed by atoms with Crippen molar-refractivity contribution >= 4 is 44.8 Å². The predicted molar refractivity (Wildman–Crippen MR) is 115 cm³/mol. The van der Waals surface area contributed by atoms with Crippen LogP contribution in [0.15, 0.2) is 59.1 Å². The zero-order chi connectivity index (χ0) is 20.1. The number of hydrogen-bond donors (Lipinski definition) is 1. The van der Waals surface area contributed by atoms with Crippen LogP contribution in [0.3, 0.4) is 0 Å². The summed E-state index contributed by atoms with van der Waals surface area (Å²) in [7, 11) is 1.59. The van der Waals surface area contributed by atoms with Crippen molar-refractivity contribution in [2.24, 2.45) is 0 Å². The van der Waals surface area contributed by atoms with Crippen LogP contribution in [0.5, 0.6) is 11.5 Å².